The van der Waals surface area contributed by atoms with Gasteiger partial charge in [0.1, 0.15) is 0 Å². The Bertz CT molecular complexity index is 1190. The number of para-hydroxylation sites is 1. The Balaban J connectivity index is 1.37. The smallest absolute Gasteiger partial charge is 0.253 e. The summed E-state index contributed by atoms with van der Waals surface area (Å²) in [7, 11) is 3.12. The van der Waals surface area contributed by atoms with E-state index in [-0.39, 0.29) is 23.9 Å². The molecule has 188 valence electrons. The van der Waals surface area contributed by atoms with Gasteiger partial charge in [0.25, 0.3) is 11.8 Å². The van der Waals surface area contributed by atoms with Crippen molar-refractivity contribution in [3.8, 4) is 11.5 Å². The maximum absolute atomic E-state index is 13.1. The third-order valence-electron chi connectivity index (χ3n) is 6.61. The molecule has 2 N–H and O–H groups in total. The second-order valence-electron chi connectivity index (χ2n) is 8.93. The second kappa shape index (κ2) is 11.6. The first-order chi connectivity index (χ1) is 17.5. The Morgan fingerprint density at radius 2 is 1.53 bits per heavy atom. The number of nitrogens with one attached hydrogen (secondary N) is 2. The van der Waals surface area contributed by atoms with E-state index in [1.54, 1.807) is 32.4 Å². The number of nitrogens with zero attached hydrogens (tertiary/aromatic N) is 1. The average Bonchev–Trinajstić information content (AvgIpc) is 2.93. The van der Waals surface area contributed by atoms with Gasteiger partial charge in [-0.05, 0) is 55.7 Å². The van der Waals surface area contributed by atoms with Crippen molar-refractivity contribution in [3.05, 3.63) is 89.5 Å². The van der Waals surface area contributed by atoms with Crippen molar-refractivity contribution in [1.82, 2.24) is 10.6 Å². The number of rotatable bonds is 8. The molecule has 3 aromatic rings. The van der Waals surface area contributed by atoms with Gasteiger partial charge < -0.3 is 25.0 Å². The molecule has 0 aromatic heterocycles. The minimum atomic E-state index is -0.135. The fourth-order valence-electron chi connectivity index (χ4n) is 4.55. The topological polar surface area (TPSA) is 79.9 Å². The first-order valence-electron chi connectivity index (χ1n) is 12.2. The minimum absolute atomic E-state index is 0.0564. The lowest BCUT2D eigenvalue weighted by atomic mass is 10.0. The molecule has 7 heteroatoms. The highest BCUT2D eigenvalue weighted by molar-refractivity contribution is 6.00. The molecule has 0 saturated carbocycles. The van der Waals surface area contributed by atoms with Crippen LogP contribution < -0.4 is 25.0 Å². The van der Waals surface area contributed by atoms with Gasteiger partial charge in [-0.3, -0.25) is 9.59 Å². The molecule has 0 spiro atoms. The van der Waals surface area contributed by atoms with Crippen LogP contribution in [0.15, 0.2) is 72.8 Å². The van der Waals surface area contributed by atoms with E-state index < -0.39 is 0 Å². The Hall–Kier alpha value is -4.00. The van der Waals surface area contributed by atoms with E-state index in [9.17, 15) is 9.59 Å². The van der Waals surface area contributed by atoms with Gasteiger partial charge in [0, 0.05) is 30.4 Å². The molecule has 2 amide bonds. The third-order valence-corrected chi connectivity index (χ3v) is 6.61. The number of methoxy groups -OCH3 is 2. The summed E-state index contributed by atoms with van der Waals surface area (Å²) in [5.74, 6) is 0.884. The van der Waals surface area contributed by atoms with Crippen LogP contribution in [0.25, 0.3) is 0 Å². The standard InChI is InChI=1S/C29H33N3O4/c1-20(21-9-5-4-6-10-21)30-29(34)24-11-7-8-12-25(24)32-17-15-23(16-18-32)31-28(33)22-13-14-26(35-2)27(19-22)36-3/h4-14,19-20,23H,15-18H2,1-3H3,(H,30,34)(H,31,33)/t20-/m0/s1. The lowest BCUT2D eigenvalue weighted by Crippen LogP contribution is -2.45. The number of benzene rings is 3. The highest BCUT2D eigenvalue weighted by Crippen LogP contribution is 2.28. The van der Waals surface area contributed by atoms with Crippen molar-refractivity contribution in [3.63, 3.8) is 0 Å². The first kappa shape index (κ1) is 25.1. The van der Waals surface area contributed by atoms with Crippen LogP contribution >= 0.6 is 0 Å². The molecule has 3 aromatic carbocycles. The summed E-state index contributed by atoms with van der Waals surface area (Å²) in [6.45, 7) is 3.48. The van der Waals surface area contributed by atoms with E-state index in [0.29, 0.717) is 22.6 Å². The summed E-state index contributed by atoms with van der Waals surface area (Å²) in [5.41, 5.74) is 3.17. The molecule has 36 heavy (non-hydrogen) atoms. The molecule has 0 bridgehead atoms. The number of hydrogen-bond acceptors (Lipinski definition) is 5. The third kappa shape index (κ3) is 5.79. The summed E-state index contributed by atoms with van der Waals surface area (Å²) in [5, 5.41) is 6.26. The van der Waals surface area contributed by atoms with Crippen LogP contribution in [0.4, 0.5) is 5.69 Å². The maximum atomic E-state index is 13.1. The van der Waals surface area contributed by atoms with E-state index in [2.05, 4.69) is 15.5 Å². The number of carbonyl (C=O) groups is 2. The molecule has 1 fully saturated rings. The predicted molar refractivity (Wildman–Crippen MR) is 141 cm³/mol. The SMILES string of the molecule is COc1ccc(C(=O)NC2CCN(c3ccccc3C(=O)N[C@@H](C)c3ccccc3)CC2)cc1OC. The van der Waals surface area contributed by atoms with Crippen molar-refractivity contribution in [1.29, 1.82) is 0 Å². The van der Waals surface area contributed by atoms with Crippen molar-refractivity contribution >= 4 is 17.5 Å². The highest BCUT2D eigenvalue weighted by Gasteiger charge is 2.25. The van der Waals surface area contributed by atoms with Crippen LogP contribution in [-0.2, 0) is 0 Å². The average molecular weight is 488 g/mol. The van der Waals surface area contributed by atoms with E-state index in [4.69, 9.17) is 9.47 Å². The minimum Gasteiger partial charge on any atom is -0.493 e. The fraction of sp³-hybridized carbons (Fsp3) is 0.310. The number of ether oxygens (including phenoxy) is 2. The summed E-state index contributed by atoms with van der Waals surface area (Å²) in [6, 6.07) is 22.8. The number of amides is 2. The van der Waals surface area contributed by atoms with Gasteiger partial charge >= 0.3 is 0 Å². The van der Waals surface area contributed by atoms with E-state index >= 15 is 0 Å². The van der Waals surface area contributed by atoms with Crippen molar-refractivity contribution in [2.45, 2.75) is 31.8 Å². The molecular weight excluding hydrogens is 454 g/mol. The summed E-state index contributed by atoms with van der Waals surface area (Å²) in [6.07, 6.45) is 1.57. The van der Waals surface area contributed by atoms with Gasteiger partial charge in [0.2, 0.25) is 0 Å². The van der Waals surface area contributed by atoms with Crippen LogP contribution in [0, 0.1) is 0 Å². The normalized spacial score (nSPS) is 14.6. The summed E-state index contributed by atoms with van der Waals surface area (Å²) in [4.78, 5) is 28.2. The monoisotopic (exact) mass is 487 g/mol. The van der Waals surface area contributed by atoms with Gasteiger partial charge in [-0.25, -0.2) is 0 Å². The van der Waals surface area contributed by atoms with Crippen LogP contribution in [0.5, 0.6) is 11.5 Å². The number of piperidine rings is 1. The van der Waals surface area contributed by atoms with Crippen LogP contribution in [0.3, 0.4) is 0 Å². The molecule has 0 unspecified atom stereocenters. The fourth-order valence-corrected chi connectivity index (χ4v) is 4.55. The maximum Gasteiger partial charge on any atom is 0.253 e. The Morgan fingerprint density at radius 3 is 2.22 bits per heavy atom. The van der Waals surface area contributed by atoms with Gasteiger partial charge in [-0.1, -0.05) is 42.5 Å². The van der Waals surface area contributed by atoms with Crippen molar-refractivity contribution in [2.75, 3.05) is 32.2 Å². The lowest BCUT2D eigenvalue weighted by Gasteiger charge is -2.35. The molecule has 1 aliphatic heterocycles. The van der Waals surface area contributed by atoms with E-state index in [1.165, 1.54) is 0 Å². The van der Waals surface area contributed by atoms with E-state index in [1.807, 2.05) is 61.5 Å². The summed E-state index contributed by atoms with van der Waals surface area (Å²) < 4.78 is 10.6. The molecule has 1 heterocycles. The predicted octanol–water partition coefficient (Wildman–Crippen LogP) is 4.59. The molecule has 0 aliphatic carbocycles. The molecule has 1 saturated heterocycles. The van der Waals surface area contributed by atoms with Crippen molar-refractivity contribution < 1.29 is 19.1 Å². The molecule has 0 radical (unpaired) electrons. The van der Waals surface area contributed by atoms with Gasteiger partial charge in [-0.2, -0.15) is 0 Å². The zero-order valence-corrected chi connectivity index (χ0v) is 21.0. The van der Waals surface area contributed by atoms with E-state index in [0.717, 1.165) is 37.2 Å². The van der Waals surface area contributed by atoms with Crippen molar-refractivity contribution in [2.24, 2.45) is 0 Å². The number of hydrogen-bond donors (Lipinski definition) is 2. The Morgan fingerprint density at radius 1 is 0.861 bits per heavy atom. The molecular formula is C29H33N3O4. The van der Waals surface area contributed by atoms with Crippen LogP contribution in [0.2, 0.25) is 0 Å². The highest BCUT2D eigenvalue weighted by atomic mass is 16.5. The molecule has 4 rings (SSSR count). The van der Waals surface area contributed by atoms with Crippen LogP contribution in [0.1, 0.15) is 52.1 Å². The molecule has 7 nitrogen and oxygen atoms in total. The molecule has 1 atom stereocenters. The number of anilines is 1. The van der Waals surface area contributed by atoms with Gasteiger partial charge in [0.15, 0.2) is 11.5 Å². The summed E-state index contributed by atoms with van der Waals surface area (Å²) >= 11 is 0. The Labute approximate surface area is 212 Å². The largest absolute Gasteiger partial charge is 0.493 e. The Kier molecular flexibility index (Phi) is 8.10. The quantitative estimate of drug-likeness (QED) is 0.486. The second-order valence-corrected chi connectivity index (χ2v) is 8.93. The van der Waals surface area contributed by atoms with Crippen LogP contribution in [-0.4, -0.2) is 45.2 Å². The zero-order valence-electron chi connectivity index (χ0n) is 21.0. The lowest BCUT2D eigenvalue weighted by molar-refractivity contribution is 0.0927. The van der Waals surface area contributed by atoms with Gasteiger partial charge in [-0.15, -0.1) is 0 Å². The first-order valence-corrected chi connectivity index (χ1v) is 12.2. The molecule has 1 aliphatic rings. The zero-order chi connectivity index (χ0) is 25.5. The van der Waals surface area contributed by atoms with Gasteiger partial charge in [0.05, 0.1) is 25.8 Å². The number of carbonyl (C=O) groups excluding carboxylic acids is 2.